The number of hydrogen-bond acceptors (Lipinski definition) is 1. The smallest absolute Gasteiger partial charge is 0.229 e. The van der Waals surface area contributed by atoms with E-state index in [2.05, 4.69) is 0 Å². The normalized spacial score (nSPS) is 9.50. The van der Waals surface area contributed by atoms with Crippen LogP contribution >= 0.6 is 0 Å². The van der Waals surface area contributed by atoms with Crippen molar-refractivity contribution in [2.45, 2.75) is 6.42 Å². The average molecular weight is 155 g/mol. The van der Waals surface area contributed by atoms with E-state index in [9.17, 15) is 18.0 Å². The molecule has 0 unspecified atom stereocenters. The monoisotopic (exact) mass is 155 g/mol. The molecule has 0 aliphatic rings. The van der Waals surface area contributed by atoms with Gasteiger partial charge in [-0.25, -0.2) is 8.78 Å². The van der Waals surface area contributed by atoms with Crippen LogP contribution in [-0.2, 0) is 4.79 Å². The number of hydrogen-bond donors (Lipinski definition) is 0. The summed E-state index contributed by atoms with van der Waals surface area (Å²) in [4.78, 5) is 10.7. The third kappa shape index (κ3) is 2.70. The molecule has 0 N–H and O–H groups in total. The van der Waals surface area contributed by atoms with E-state index < -0.39 is 32.6 Å². The average Bonchev–Trinajstić information content (AvgIpc) is 1.91. The van der Waals surface area contributed by atoms with Crippen molar-refractivity contribution < 1.29 is 18.0 Å². The van der Waals surface area contributed by atoms with Crippen LogP contribution in [-0.4, -0.2) is 31.1 Å². The van der Waals surface area contributed by atoms with E-state index in [0.29, 0.717) is 4.90 Å². The highest BCUT2D eigenvalue weighted by molar-refractivity contribution is 5.75. The molecule has 1 amide bonds. The molecule has 0 aliphatic carbocycles. The molecule has 0 fully saturated rings. The van der Waals surface area contributed by atoms with Gasteiger partial charge in [0.1, 0.15) is 0 Å². The summed E-state index contributed by atoms with van der Waals surface area (Å²) >= 11 is 0. The Morgan fingerprint density at radius 2 is 1.70 bits per heavy atom. The van der Waals surface area contributed by atoms with Crippen LogP contribution in [0, 0.1) is 0 Å². The Morgan fingerprint density at radius 1 is 1.20 bits per heavy atom. The first-order valence-electron chi connectivity index (χ1n) is 2.72. The molecule has 60 valence electrons. The van der Waals surface area contributed by atoms with Crippen LogP contribution in [0.3, 0.4) is 0 Å². The van der Waals surface area contributed by atoms with Gasteiger partial charge in [0.05, 0.1) is 13.1 Å². The Hall–Kier alpha value is -0.740. The molecule has 0 bridgehead atoms. The molecule has 0 atom stereocenters. The summed E-state index contributed by atoms with van der Waals surface area (Å²) in [7, 11) is 0. The second kappa shape index (κ2) is 5.08. The lowest BCUT2D eigenvalue weighted by atomic mass is 10.4. The molecule has 0 spiro atoms. The third-order valence-corrected chi connectivity index (χ3v) is 0.950. The van der Waals surface area contributed by atoms with Gasteiger partial charge < -0.3 is 0 Å². The molecule has 10 heavy (non-hydrogen) atoms. The predicted octanol–water partition coefficient (Wildman–Crippen LogP) is 1.03. The van der Waals surface area contributed by atoms with E-state index in [1.165, 1.54) is 0 Å². The fourth-order valence-electron chi connectivity index (χ4n) is 0.404. The minimum atomic E-state index is -1.20. The quantitative estimate of drug-likeness (QED) is 0.555. The molecule has 0 rings (SSSR count). The molecule has 0 aromatic heterocycles. The van der Waals surface area contributed by atoms with Crippen molar-refractivity contribution in [1.82, 2.24) is 4.90 Å². The van der Waals surface area contributed by atoms with Crippen LogP contribution in [0.2, 0.25) is 0 Å². The van der Waals surface area contributed by atoms with E-state index in [-0.39, 0.29) is 0 Å². The van der Waals surface area contributed by atoms with Crippen molar-refractivity contribution in [1.29, 1.82) is 0 Å². The minimum absolute atomic E-state index is 0.291. The number of halogens is 3. The van der Waals surface area contributed by atoms with Gasteiger partial charge in [0.15, 0.2) is 13.6 Å². The van der Waals surface area contributed by atoms with Crippen molar-refractivity contribution in [3.8, 4) is 0 Å². The highest BCUT2D eigenvalue weighted by Gasteiger charge is 2.10. The Kier molecular flexibility index (Phi) is 4.70. The van der Waals surface area contributed by atoms with Crippen LogP contribution in [0.4, 0.5) is 13.2 Å². The van der Waals surface area contributed by atoms with Crippen LogP contribution in [0.15, 0.2) is 0 Å². The highest BCUT2D eigenvalue weighted by atomic mass is 19.1. The molecule has 0 saturated carbocycles. The largest absolute Gasteiger partial charge is 0.286 e. The summed E-state index contributed by atoms with van der Waals surface area (Å²) in [6.07, 6.45) is -0.451. The molecule has 5 heteroatoms. The summed E-state index contributed by atoms with van der Waals surface area (Å²) < 4.78 is 34.5. The molecule has 0 heterocycles. The molecule has 0 aliphatic heterocycles. The maximum atomic E-state index is 11.6. The Balaban J connectivity index is 3.65. The number of carbonyl (C=O) groups is 1. The zero-order valence-corrected chi connectivity index (χ0v) is 5.32. The van der Waals surface area contributed by atoms with Crippen molar-refractivity contribution in [3.63, 3.8) is 0 Å². The van der Waals surface area contributed by atoms with Crippen LogP contribution in [0.25, 0.3) is 0 Å². The maximum Gasteiger partial charge on any atom is 0.229 e. The molecule has 2 nitrogen and oxygen atoms in total. The van der Waals surface area contributed by atoms with Crippen molar-refractivity contribution in [2.24, 2.45) is 0 Å². The highest BCUT2D eigenvalue weighted by Crippen LogP contribution is 1.95. The number of amides is 1. The lowest BCUT2D eigenvalue weighted by Crippen LogP contribution is -2.29. The zero-order valence-electron chi connectivity index (χ0n) is 5.32. The Morgan fingerprint density at radius 3 is 2.00 bits per heavy atom. The Bertz CT molecular complexity index is 105. The second-order valence-corrected chi connectivity index (χ2v) is 1.61. The van der Waals surface area contributed by atoms with Crippen molar-refractivity contribution in [2.75, 3.05) is 20.3 Å². The summed E-state index contributed by atoms with van der Waals surface area (Å²) in [6, 6.07) is 0. The molecule has 0 radical (unpaired) electrons. The van der Waals surface area contributed by atoms with E-state index >= 15 is 0 Å². The second-order valence-electron chi connectivity index (χ2n) is 1.61. The molecular weight excluding hydrogens is 147 g/mol. The predicted molar refractivity (Wildman–Crippen MR) is 29.4 cm³/mol. The molecular formula is C5H8F3NO. The minimum Gasteiger partial charge on any atom is -0.286 e. The number of nitrogens with zero attached hydrogens (tertiary/aromatic N) is 1. The fourth-order valence-corrected chi connectivity index (χ4v) is 0.404. The molecule has 0 saturated heterocycles. The van der Waals surface area contributed by atoms with Gasteiger partial charge in [-0.3, -0.25) is 14.1 Å². The van der Waals surface area contributed by atoms with Crippen molar-refractivity contribution >= 4 is 5.91 Å². The number of rotatable bonds is 4. The summed E-state index contributed by atoms with van der Waals surface area (Å²) in [6.45, 7) is -3.28. The number of carbonyl (C=O) groups excluding carboxylic acids is 1. The van der Waals surface area contributed by atoms with Gasteiger partial charge in [0, 0.05) is 0 Å². The number of alkyl halides is 3. The van der Waals surface area contributed by atoms with Crippen LogP contribution < -0.4 is 0 Å². The van der Waals surface area contributed by atoms with Gasteiger partial charge in [0.25, 0.3) is 0 Å². The first-order chi connectivity index (χ1) is 4.76. The summed E-state index contributed by atoms with van der Waals surface area (Å²) in [5.41, 5.74) is 0. The van der Waals surface area contributed by atoms with E-state index in [1.807, 2.05) is 0 Å². The fraction of sp³-hybridized carbons (Fsp3) is 0.800. The maximum absolute atomic E-state index is 11.6. The first-order valence-corrected chi connectivity index (χ1v) is 2.72. The van der Waals surface area contributed by atoms with E-state index in [4.69, 9.17) is 0 Å². The molecule has 0 aromatic rings. The van der Waals surface area contributed by atoms with Gasteiger partial charge in [-0.1, -0.05) is 0 Å². The third-order valence-electron chi connectivity index (χ3n) is 0.950. The van der Waals surface area contributed by atoms with Gasteiger partial charge in [-0.15, -0.1) is 0 Å². The lowest BCUT2D eigenvalue weighted by molar-refractivity contribution is -0.135. The SMILES string of the molecule is O=C(CCF)N(CF)CF. The summed E-state index contributed by atoms with van der Waals surface area (Å²) in [5, 5.41) is 0. The first kappa shape index (κ1) is 9.26. The van der Waals surface area contributed by atoms with Gasteiger partial charge in [-0.05, 0) is 0 Å². The lowest BCUT2D eigenvalue weighted by Gasteiger charge is -2.12. The topological polar surface area (TPSA) is 20.3 Å². The molecule has 0 aromatic carbocycles. The summed E-state index contributed by atoms with van der Waals surface area (Å²) in [5.74, 6) is -0.840. The van der Waals surface area contributed by atoms with Crippen LogP contribution in [0.5, 0.6) is 0 Å². The Labute approximate surface area is 56.6 Å². The standard InChI is InChI=1S/C5H8F3NO/c6-2-1-5(10)9(3-7)4-8/h1-4H2. The van der Waals surface area contributed by atoms with Gasteiger partial charge in [-0.2, -0.15) is 0 Å². The van der Waals surface area contributed by atoms with Crippen LogP contribution in [0.1, 0.15) is 6.42 Å². The zero-order chi connectivity index (χ0) is 7.98. The van der Waals surface area contributed by atoms with Crippen molar-refractivity contribution in [3.05, 3.63) is 0 Å². The van der Waals surface area contributed by atoms with E-state index in [1.54, 1.807) is 0 Å². The van der Waals surface area contributed by atoms with Gasteiger partial charge in [0.2, 0.25) is 5.91 Å². The van der Waals surface area contributed by atoms with Gasteiger partial charge >= 0.3 is 0 Å². The van der Waals surface area contributed by atoms with E-state index in [0.717, 1.165) is 0 Å².